The summed E-state index contributed by atoms with van der Waals surface area (Å²) in [7, 11) is 0. The molecule has 10 heteroatoms. The third-order valence-electron chi connectivity index (χ3n) is 5.05. The Morgan fingerprint density at radius 3 is 2.71 bits per heavy atom. The molecule has 2 heterocycles. The molecule has 162 valence electrons. The normalized spacial score (nSPS) is 15.6. The van der Waals surface area contributed by atoms with E-state index in [9.17, 15) is 4.79 Å². The minimum atomic E-state index is -0.179. The van der Waals surface area contributed by atoms with Gasteiger partial charge < -0.3 is 10.1 Å². The SMILES string of the molecule is CC(CN1CCOCC1)NC(=O)c1cc(-c2ccc(Cl)cc2Cl)cc(-n2cnnn2)c1. The van der Waals surface area contributed by atoms with E-state index < -0.39 is 0 Å². The van der Waals surface area contributed by atoms with Crippen LogP contribution in [-0.2, 0) is 4.74 Å². The molecule has 1 aromatic heterocycles. The molecular weight excluding hydrogens is 439 g/mol. The molecule has 8 nitrogen and oxygen atoms in total. The Labute approximate surface area is 190 Å². The van der Waals surface area contributed by atoms with Gasteiger partial charge >= 0.3 is 0 Å². The van der Waals surface area contributed by atoms with E-state index in [-0.39, 0.29) is 11.9 Å². The zero-order chi connectivity index (χ0) is 21.8. The lowest BCUT2D eigenvalue weighted by molar-refractivity contribution is 0.0342. The van der Waals surface area contributed by atoms with E-state index >= 15 is 0 Å². The minimum Gasteiger partial charge on any atom is -0.379 e. The molecule has 0 aliphatic carbocycles. The summed E-state index contributed by atoms with van der Waals surface area (Å²) in [5.74, 6) is -0.179. The summed E-state index contributed by atoms with van der Waals surface area (Å²) in [5.41, 5.74) is 2.67. The van der Waals surface area contributed by atoms with Crippen molar-refractivity contribution in [3.63, 3.8) is 0 Å². The number of ether oxygens (including phenoxy) is 1. The van der Waals surface area contributed by atoms with Crippen LogP contribution in [0.1, 0.15) is 17.3 Å². The largest absolute Gasteiger partial charge is 0.379 e. The maximum Gasteiger partial charge on any atom is 0.251 e. The van der Waals surface area contributed by atoms with Gasteiger partial charge in [-0.15, -0.1) is 5.10 Å². The van der Waals surface area contributed by atoms with Gasteiger partial charge in [-0.1, -0.05) is 29.3 Å². The van der Waals surface area contributed by atoms with Crippen LogP contribution < -0.4 is 5.32 Å². The van der Waals surface area contributed by atoms with E-state index in [1.165, 1.54) is 11.0 Å². The van der Waals surface area contributed by atoms with Crippen LogP contribution >= 0.6 is 23.2 Å². The molecule has 1 saturated heterocycles. The Morgan fingerprint density at radius 1 is 1.19 bits per heavy atom. The predicted molar refractivity (Wildman–Crippen MR) is 119 cm³/mol. The summed E-state index contributed by atoms with van der Waals surface area (Å²) in [6, 6.07) is 10.7. The minimum absolute atomic E-state index is 0.0233. The number of nitrogens with one attached hydrogen (secondary N) is 1. The van der Waals surface area contributed by atoms with Gasteiger partial charge in [-0.2, -0.15) is 0 Å². The molecule has 0 spiro atoms. The van der Waals surface area contributed by atoms with E-state index in [1.807, 2.05) is 19.1 Å². The number of halogens is 2. The lowest BCUT2D eigenvalue weighted by atomic mass is 10.0. The third kappa shape index (κ3) is 5.40. The molecule has 1 amide bonds. The summed E-state index contributed by atoms with van der Waals surface area (Å²) in [6.07, 6.45) is 1.48. The average molecular weight is 461 g/mol. The maximum absolute atomic E-state index is 13.1. The molecule has 0 saturated carbocycles. The summed E-state index contributed by atoms with van der Waals surface area (Å²) in [5, 5.41) is 15.4. The second kappa shape index (κ2) is 9.74. The van der Waals surface area contributed by atoms with Crippen molar-refractivity contribution < 1.29 is 9.53 Å². The highest BCUT2D eigenvalue weighted by molar-refractivity contribution is 6.36. The Hall–Kier alpha value is -2.52. The zero-order valence-electron chi connectivity index (χ0n) is 17.0. The number of nitrogens with zero attached hydrogens (tertiary/aromatic N) is 5. The van der Waals surface area contributed by atoms with Crippen molar-refractivity contribution >= 4 is 29.1 Å². The first-order valence-corrected chi connectivity index (χ1v) is 10.7. The molecule has 1 fully saturated rings. The molecule has 3 aromatic rings. The third-order valence-corrected chi connectivity index (χ3v) is 5.60. The Kier molecular flexibility index (Phi) is 6.82. The number of benzene rings is 2. The van der Waals surface area contributed by atoms with Gasteiger partial charge in [-0.3, -0.25) is 9.69 Å². The first-order valence-electron chi connectivity index (χ1n) is 9.94. The average Bonchev–Trinajstić information content (AvgIpc) is 3.29. The number of rotatable bonds is 6. The van der Waals surface area contributed by atoms with Crippen molar-refractivity contribution in [2.24, 2.45) is 0 Å². The van der Waals surface area contributed by atoms with E-state index in [1.54, 1.807) is 24.3 Å². The molecule has 1 atom stereocenters. The highest BCUT2D eigenvalue weighted by atomic mass is 35.5. The van der Waals surface area contributed by atoms with Gasteiger partial charge in [0.2, 0.25) is 0 Å². The molecule has 31 heavy (non-hydrogen) atoms. The highest BCUT2D eigenvalue weighted by Gasteiger charge is 2.18. The molecule has 1 aliphatic heterocycles. The van der Waals surface area contributed by atoms with E-state index in [0.717, 1.165) is 44.0 Å². The topological polar surface area (TPSA) is 85.2 Å². The smallest absolute Gasteiger partial charge is 0.251 e. The van der Waals surface area contributed by atoms with Gasteiger partial charge in [-0.25, -0.2) is 4.68 Å². The summed E-state index contributed by atoms with van der Waals surface area (Å²) in [4.78, 5) is 15.4. The predicted octanol–water partition coefficient (Wildman–Crippen LogP) is 3.09. The highest BCUT2D eigenvalue weighted by Crippen LogP contribution is 2.32. The number of hydrogen-bond acceptors (Lipinski definition) is 6. The van der Waals surface area contributed by atoms with Crippen LogP contribution in [0.5, 0.6) is 0 Å². The van der Waals surface area contributed by atoms with Crippen molar-refractivity contribution in [2.75, 3.05) is 32.8 Å². The fraction of sp³-hybridized carbons (Fsp3) is 0.333. The maximum atomic E-state index is 13.1. The quantitative estimate of drug-likeness (QED) is 0.608. The van der Waals surface area contributed by atoms with E-state index in [4.69, 9.17) is 27.9 Å². The van der Waals surface area contributed by atoms with Gasteiger partial charge in [-0.05, 0) is 53.2 Å². The van der Waals surface area contributed by atoms with Crippen molar-refractivity contribution in [3.05, 3.63) is 58.3 Å². The molecule has 1 N–H and O–H groups in total. The number of amides is 1. The van der Waals surface area contributed by atoms with Crippen LogP contribution in [0, 0.1) is 0 Å². The number of aromatic nitrogens is 4. The fourth-order valence-electron chi connectivity index (χ4n) is 3.56. The van der Waals surface area contributed by atoms with Gasteiger partial charge in [0, 0.05) is 46.8 Å². The van der Waals surface area contributed by atoms with Crippen LogP contribution in [0.25, 0.3) is 16.8 Å². The zero-order valence-corrected chi connectivity index (χ0v) is 18.5. The molecular formula is C21H22Cl2N6O2. The van der Waals surface area contributed by atoms with E-state index in [2.05, 4.69) is 25.7 Å². The summed E-state index contributed by atoms with van der Waals surface area (Å²) < 4.78 is 6.89. The number of morpholine rings is 1. The monoisotopic (exact) mass is 460 g/mol. The van der Waals surface area contributed by atoms with Gasteiger partial charge in [0.05, 0.1) is 18.9 Å². The lowest BCUT2D eigenvalue weighted by Gasteiger charge is -2.29. The first kappa shape index (κ1) is 21.7. The van der Waals surface area contributed by atoms with Crippen LogP contribution in [0.15, 0.2) is 42.7 Å². The molecule has 4 rings (SSSR count). The van der Waals surface area contributed by atoms with Crippen molar-refractivity contribution in [2.45, 2.75) is 13.0 Å². The van der Waals surface area contributed by atoms with Crippen LogP contribution in [0.3, 0.4) is 0 Å². The molecule has 0 bridgehead atoms. The van der Waals surface area contributed by atoms with Gasteiger partial charge in [0.1, 0.15) is 6.33 Å². The standard InChI is InChI=1S/C21H22Cl2N6O2/c1-14(12-28-4-6-31-7-5-28)25-21(30)16-8-15(19-3-2-17(22)11-20(19)23)9-18(10-16)29-13-24-26-27-29/h2-3,8-11,13-14H,4-7,12H2,1H3,(H,25,30). The number of tetrazole rings is 1. The van der Waals surface area contributed by atoms with Crippen molar-refractivity contribution in [1.29, 1.82) is 0 Å². The lowest BCUT2D eigenvalue weighted by Crippen LogP contribution is -2.46. The molecule has 2 aromatic carbocycles. The fourth-order valence-corrected chi connectivity index (χ4v) is 4.07. The Balaban J connectivity index is 1.61. The van der Waals surface area contributed by atoms with Gasteiger partial charge in [0.25, 0.3) is 5.91 Å². The Bertz CT molecular complexity index is 1050. The van der Waals surface area contributed by atoms with Crippen LogP contribution in [0.4, 0.5) is 0 Å². The number of carbonyl (C=O) groups is 1. The van der Waals surface area contributed by atoms with Crippen molar-refractivity contribution in [3.8, 4) is 16.8 Å². The number of hydrogen-bond donors (Lipinski definition) is 1. The van der Waals surface area contributed by atoms with Crippen molar-refractivity contribution in [1.82, 2.24) is 30.4 Å². The summed E-state index contributed by atoms with van der Waals surface area (Å²) in [6.45, 7) is 5.94. The second-order valence-electron chi connectivity index (χ2n) is 7.43. The molecule has 1 unspecified atom stereocenters. The number of carbonyl (C=O) groups excluding carboxylic acids is 1. The van der Waals surface area contributed by atoms with Crippen LogP contribution in [0.2, 0.25) is 10.0 Å². The molecule has 0 radical (unpaired) electrons. The van der Waals surface area contributed by atoms with Gasteiger partial charge in [0.15, 0.2) is 0 Å². The van der Waals surface area contributed by atoms with Crippen LogP contribution in [-0.4, -0.2) is 69.9 Å². The molecule has 1 aliphatic rings. The second-order valence-corrected chi connectivity index (χ2v) is 8.28. The van der Waals surface area contributed by atoms with E-state index in [0.29, 0.717) is 21.3 Å². The summed E-state index contributed by atoms with van der Waals surface area (Å²) >= 11 is 12.5. The Morgan fingerprint density at radius 2 is 2.00 bits per heavy atom. The first-order chi connectivity index (χ1) is 15.0.